The topological polar surface area (TPSA) is 63.3 Å². The van der Waals surface area contributed by atoms with Crippen molar-refractivity contribution in [3.05, 3.63) is 0 Å². The maximum Gasteiger partial charge on any atom is 0.219 e. The van der Waals surface area contributed by atoms with Gasteiger partial charge in [-0.3, -0.25) is 14.6 Å². The average molecular weight is 360 g/mol. The standard InChI is InChI=1S/C18H37N3O4/c1-4-18(22)19-5-11-23-13-15-25-16-14-24-12-10-20-6-8-21(9-7-20)17(2)3/h17H,4-16H2,1-3H3,(H,19,22). The number of nitrogens with one attached hydrogen (secondary N) is 1. The smallest absolute Gasteiger partial charge is 0.219 e. The number of carbonyl (C=O) groups is 1. The average Bonchev–Trinajstić information content (AvgIpc) is 2.62. The van der Waals surface area contributed by atoms with Gasteiger partial charge in [-0.15, -0.1) is 0 Å². The second-order valence-electron chi connectivity index (χ2n) is 6.51. The fourth-order valence-electron chi connectivity index (χ4n) is 2.63. The molecule has 0 aromatic carbocycles. The van der Waals surface area contributed by atoms with Gasteiger partial charge in [-0.1, -0.05) is 6.92 Å². The van der Waals surface area contributed by atoms with Crippen LogP contribution in [0.25, 0.3) is 0 Å². The fraction of sp³-hybridized carbons (Fsp3) is 0.944. The Balaban J connectivity index is 1.79. The molecule has 1 aliphatic rings. The van der Waals surface area contributed by atoms with Crippen LogP contribution in [0.15, 0.2) is 0 Å². The van der Waals surface area contributed by atoms with Crippen molar-refractivity contribution in [2.24, 2.45) is 0 Å². The van der Waals surface area contributed by atoms with Crippen molar-refractivity contribution in [3.63, 3.8) is 0 Å². The van der Waals surface area contributed by atoms with Gasteiger partial charge in [0.15, 0.2) is 0 Å². The maximum absolute atomic E-state index is 11.0. The lowest BCUT2D eigenvalue weighted by Crippen LogP contribution is -2.49. The summed E-state index contributed by atoms with van der Waals surface area (Å²) in [4.78, 5) is 16.0. The molecule has 1 heterocycles. The SMILES string of the molecule is CCC(=O)NCCOCCOCCOCCN1CCN(C(C)C)CC1. The van der Waals surface area contributed by atoms with E-state index in [4.69, 9.17) is 14.2 Å². The molecule has 1 fully saturated rings. The van der Waals surface area contributed by atoms with Crippen molar-refractivity contribution >= 4 is 5.91 Å². The molecule has 1 amide bonds. The van der Waals surface area contributed by atoms with Crippen molar-refractivity contribution < 1.29 is 19.0 Å². The summed E-state index contributed by atoms with van der Waals surface area (Å²) in [6.45, 7) is 16.1. The van der Waals surface area contributed by atoms with Gasteiger partial charge < -0.3 is 19.5 Å². The van der Waals surface area contributed by atoms with Crippen LogP contribution in [0, 0.1) is 0 Å². The third-order valence-corrected chi connectivity index (χ3v) is 4.32. The number of amides is 1. The summed E-state index contributed by atoms with van der Waals surface area (Å²) in [7, 11) is 0. The van der Waals surface area contributed by atoms with Crippen molar-refractivity contribution in [3.8, 4) is 0 Å². The Hall–Kier alpha value is -0.730. The molecule has 1 rings (SSSR count). The molecule has 1 aliphatic heterocycles. The molecule has 0 radical (unpaired) electrons. The number of hydrogen-bond donors (Lipinski definition) is 1. The first-order chi connectivity index (χ1) is 12.1. The van der Waals surface area contributed by atoms with Crippen LogP contribution in [-0.2, 0) is 19.0 Å². The Labute approximate surface area is 153 Å². The fourth-order valence-corrected chi connectivity index (χ4v) is 2.63. The third-order valence-electron chi connectivity index (χ3n) is 4.32. The second kappa shape index (κ2) is 14.4. The van der Waals surface area contributed by atoms with Gasteiger partial charge in [-0.05, 0) is 13.8 Å². The summed E-state index contributed by atoms with van der Waals surface area (Å²) in [6.07, 6.45) is 0.511. The molecular formula is C18H37N3O4. The van der Waals surface area contributed by atoms with Gasteiger partial charge in [0.25, 0.3) is 0 Å². The third kappa shape index (κ3) is 11.5. The molecule has 1 N–H and O–H groups in total. The molecule has 0 aromatic rings. The van der Waals surface area contributed by atoms with Crippen LogP contribution in [0.5, 0.6) is 0 Å². The first kappa shape index (κ1) is 22.3. The van der Waals surface area contributed by atoms with E-state index in [9.17, 15) is 4.79 Å². The number of rotatable bonds is 14. The van der Waals surface area contributed by atoms with Gasteiger partial charge >= 0.3 is 0 Å². The van der Waals surface area contributed by atoms with Gasteiger partial charge in [0.1, 0.15) is 0 Å². The summed E-state index contributed by atoms with van der Waals surface area (Å²) in [5, 5.41) is 2.76. The quantitative estimate of drug-likeness (QED) is 0.458. The van der Waals surface area contributed by atoms with E-state index in [1.807, 2.05) is 6.92 Å². The largest absolute Gasteiger partial charge is 0.378 e. The zero-order valence-electron chi connectivity index (χ0n) is 16.3. The Morgan fingerprint density at radius 2 is 1.48 bits per heavy atom. The summed E-state index contributed by atoms with van der Waals surface area (Å²) in [5.74, 6) is 0.0544. The van der Waals surface area contributed by atoms with E-state index in [0.717, 1.165) is 39.3 Å². The lowest BCUT2D eigenvalue weighted by atomic mass is 10.2. The highest BCUT2D eigenvalue weighted by Gasteiger charge is 2.17. The Morgan fingerprint density at radius 3 is 2.04 bits per heavy atom. The molecule has 25 heavy (non-hydrogen) atoms. The number of piperazine rings is 1. The molecule has 0 unspecified atom stereocenters. The number of hydrogen-bond acceptors (Lipinski definition) is 6. The van der Waals surface area contributed by atoms with E-state index >= 15 is 0 Å². The second-order valence-corrected chi connectivity index (χ2v) is 6.51. The highest BCUT2D eigenvalue weighted by Crippen LogP contribution is 2.05. The Kier molecular flexibility index (Phi) is 12.9. The lowest BCUT2D eigenvalue weighted by molar-refractivity contribution is -0.121. The van der Waals surface area contributed by atoms with Crippen LogP contribution in [0.3, 0.4) is 0 Å². The minimum atomic E-state index is 0.0544. The van der Waals surface area contributed by atoms with E-state index in [-0.39, 0.29) is 5.91 Å². The highest BCUT2D eigenvalue weighted by molar-refractivity contribution is 5.75. The first-order valence-electron chi connectivity index (χ1n) is 9.59. The number of carbonyl (C=O) groups excluding carboxylic acids is 1. The zero-order valence-corrected chi connectivity index (χ0v) is 16.3. The molecule has 0 aliphatic carbocycles. The van der Waals surface area contributed by atoms with Crippen LogP contribution in [0.1, 0.15) is 27.2 Å². The molecule has 0 aromatic heterocycles. The van der Waals surface area contributed by atoms with E-state index in [1.165, 1.54) is 0 Å². The van der Waals surface area contributed by atoms with Gasteiger partial charge in [0.2, 0.25) is 5.91 Å². The normalized spacial score (nSPS) is 16.5. The predicted octanol–water partition coefficient (Wildman–Crippen LogP) is 0.588. The monoisotopic (exact) mass is 359 g/mol. The first-order valence-corrected chi connectivity index (χ1v) is 9.59. The summed E-state index contributed by atoms with van der Waals surface area (Å²) in [6, 6.07) is 0.648. The molecule has 7 heteroatoms. The molecular weight excluding hydrogens is 322 g/mol. The number of nitrogens with zero attached hydrogens (tertiary/aromatic N) is 2. The molecule has 0 atom stereocenters. The Morgan fingerprint density at radius 1 is 0.920 bits per heavy atom. The minimum Gasteiger partial charge on any atom is -0.378 e. The zero-order chi connectivity index (χ0) is 18.3. The number of ether oxygens (including phenoxy) is 3. The van der Waals surface area contributed by atoms with Crippen LogP contribution in [-0.4, -0.2) is 101 Å². The van der Waals surface area contributed by atoms with Crippen LogP contribution in [0.4, 0.5) is 0 Å². The van der Waals surface area contributed by atoms with Crippen molar-refractivity contribution in [1.82, 2.24) is 15.1 Å². The van der Waals surface area contributed by atoms with Crippen molar-refractivity contribution in [2.75, 3.05) is 78.9 Å². The minimum absolute atomic E-state index is 0.0544. The van der Waals surface area contributed by atoms with Gasteiger partial charge in [0.05, 0.1) is 39.6 Å². The molecule has 0 bridgehead atoms. The van der Waals surface area contributed by atoms with Gasteiger partial charge in [0, 0.05) is 51.7 Å². The van der Waals surface area contributed by atoms with Gasteiger partial charge in [-0.25, -0.2) is 0 Å². The molecule has 0 saturated carbocycles. The summed E-state index contributed by atoms with van der Waals surface area (Å²) in [5.41, 5.74) is 0. The maximum atomic E-state index is 11.0. The van der Waals surface area contributed by atoms with Crippen LogP contribution < -0.4 is 5.32 Å². The summed E-state index contributed by atoms with van der Waals surface area (Å²) >= 11 is 0. The van der Waals surface area contributed by atoms with Crippen LogP contribution in [0.2, 0.25) is 0 Å². The Bertz CT molecular complexity index is 334. The van der Waals surface area contributed by atoms with Crippen molar-refractivity contribution in [2.45, 2.75) is 33.2 Å². The van der Waals surface area contributed by atoms with Gasteiger partial charge in [-0.2, -0.15) is 0 Å². The molecule has 148 valence electrons. The lowest BCUT2D eigenvalue weighted by Gasteiger charge is -2.36. The predicted molar refractivity (Wildman–Crippen MR) is 98.9 cm³/mol. The van der Waals surface area contributed by atoms with E-state index < -0.39 is 0 Å². The van der Waals surface area contributed by atoms with E-state index in [0.29, 0.717) is 52.0 Å². The van der Waals surface area contributed by atoms with E-state index in [1.54, 1.807) is 0 Å². The summed E-state index contributed by atoms with van der Waals surface area (Å²) < 4.78 is 16.5. The highest BCUT2D eigenvalue weighted by atomic mass is 16.5. The molecule has 0 spiro atoms. The van der Waals surface area contributed by atoms with Crippen molar-refractivity contribution in [1.29, 1.82) is 0 Å². The molecule has 1 saturated heterocycles. The van der Waals surface area contributed by atoms with E-state index in [2.05, 4.69) is 29.0 Å². The van der Waals surface area contributed by atoms with Crippen LogP contribution >= 0.6 is 0 Å². The molecule has 7 nitrogen and oxygen atoms in total.